The van der Waals surface area contributed by atoms with Crippen molar-refractivity contribution in [2.24, 2.45) is 5.41 Å². The smallest absolute Gasteiger partial charge is 0.343 e. The van der Waals surface area contributed by atoms with E-state index in [9.17, 15) is 9.59 Å². The molecule has 2 fully saturated rings. The molecule has 0 spiro atoms. The molecule has 2 aromatic rings. The predicted molar refractivity (Wildman–Crippen MR) is 159 cm³/mol. The number of nitrogens with one attached hydrogen (secondary N) is 2. The van der Waals surface area contributed by atoms with Gasteiger partial charge in [-0.15, -0.1) is 0 Å². The zero-order chi connectivity index (χ0) is 28.4. The van der Waals surface area contributed by atoms with Crippen LogP contribution < -0.4 is 20.5 Å². The number of urea groups is 1. The molecular weight excluding hydrogens is 528 g/mol. The molecule has 1 saturated carbocycles. The van der Waals surface area contributed by atoms with Crippen molar-refractivity contribution in [3.05, 3.63) is 35.0 Å². The van der Waals surface area contributed by atoms with Crippen LogP contribution in [0.2, 0.25) is 5.02 Å². The third kappa shape index (κ3) is 5.98. The first-order valence-corrected chi connectivity index (χ1v) is 14.8. The minimum Gasteiger partial charge on any atom is -0.351 e. The molecule has 1 aromatic heterocycles. The highest BCUT2D eigenvalue weighted by atomic mass is 35.5. The van der Waals surface area contributed by atoms with E-state index in [2.05, 4.69) is 39.4 Å². The summed E-state index contributed by atoms with van der Waals surface area (Å²) >= 11 is 6.61. The average Bonchev–Trinajstić information content (AvgIpc) is 3.65. The lowest BCUT2D eigenvalue weighted by Crippen LogP contribution is -2.59. The second-order valence-electron chi connectivity index (χ2n) is 11.9. The Hall–Kier alpha value is -3.11. The van der Waals surface area contributed by atoms with Crippen LogP contribution in [-0.2, 0) is 0 Å². The molecule has 0 atom stereocenters. The van der Waals surface area contributed by atoms with E-state index >= 15 is 0 Å². The maximum atomic E-state index is 13.1. The quantitative estimate of drug-likeness (QED) is 0.425. The van der Waals surface area contributed by atoms with Gasteiger partial charge in [0.2, 0.25) is 5.95 Å². The summed E-state index contributed by atoms with van der Waals surface area (Å²) in [5, 5.41) is 10.5. The Labute approximate surface area is 242 Å². The normalized spacial score (nSPS) is 18.4. The minimum absolute atomic E-state index is 0.0203. The molecule has 40 heavy (non-hydrogen) atoms. The number of anilines is 4. The third-order valence-corrected chi connectivity index (χ3v) is 8.43. The van der Waals surface area contributed by atoms with E-state index in [1.54, 1.807) is 41.4 Å². The van der Waals surface area contributed by atoms with E-state index in [4.69, 9.17) is 16.6 Å². The lowest BCUT2D eigenvalue weighted by molar-refractivity contribution is 0.0926. The highest BCUT2D eigenvalue weighted by Gasteiger charge is 2.39. The number of aromatic nitrogens is 2. The predicted octanol–water partition coefficient (Wildman–Crippen LogP) is 5.28. The van der Waals surface area contributed by atoms with Crippen LogP contribution in [0.15, 0.2) is 24.4 Å². The van der Waals surface area contributed by atoms with E-state index in [1.807, 2.05) is 6.92 Å². The van der Waals surface area contributed by atoms with Gasteiger partial charge in [0.25, 0.3) is 5.91 Å². The number of hydrogen-bond acceptors (Lipinski definition) is 7. The van der Waals surface area contributed by atoms with Crippen LogP contribution in [0, 0.1) is 5.41 Å². The first-order chi connectivity index (χ1) is 19.2. The summed E-state index contributed by atoms with van der Waals surface area (Å²) < 4.78 is 0. The fraction of sp³-hybridized carbons (Fsp3) is 0.586. The van der Waals surface area contributed by atoms with Crippen molar-refractivity contribution >= 4 is 46.7 Å². The Morgan fingerprint density at radius 3 is 2.55 bits per heavy atom. The Kier molecular flexibility index (Phi) is 8.37. The van der Waals surface area contributed by atoms with Gasteiger partial charge >= 0.3 is 6.03 Å². The van der Waals surface area contributed by atoms with Crippen molar-refractivity contribution in [1.29, 1.82) is 0 Å². The molecule has 3 aliphatic rings. The van der Waals surface area contributed by atoms with Gasteiger partial charge in [-0.3, -0.25) is 14.7 Å². The number of hydrogen-bond donors (Lipinski definition) is 2. The summed E-state index contributed by atoms with van der Waals surface area (Å²) in [5.41, 5.74) is 1.77. The Morgan fingerprint density at radius 2 is 1.88 bits per heavy atom. The van der Waals surface area contributed by atoms with Crippen LogP contribution in [-0.4, -0.2) is 77.6 Å². The van der Waals surface area contributed by atoms with Crippen LogP contribution >= 0.6 is 11.6 Å². The van der Waals surface area contributed by atoms with E-state index in [0.29, 0.717) is 46.8 Å². The Morgan fingerprint density at radius 1 is 1.15 bits per heavy atom. The second kappa shape index (κ2) is 11.8. The molecule has 11 heteroatoms. The number of amides is 3. The van der Waals surface area contributed by atoms with Crippen LogP contribution in [0.5, 0.6) is 0 Å². The van der Waals surface area contributed by atoms with Crippen molar-refractivity contribution in [2.75, 3.05) is 55.0 Å². The molecule has 2 N–H and O–H groups in total. The van der Waals surface area contributed by atoms with Crippen molar-refractivity contribution < 1.29 is 9.59 Å². The number of halogens is 1. The van der Waals surface area contributed by atoms with Gasteiger partial charge in [0.05, 0.1) is 22.9 Å². The summed E-state index contributed by atoms with van der Waals surface area (Å²) in [6, 6.07) is 5.34. The molecule has 0 unspecified atom stereocenters. The van der Waals surface area contributed by atoms with Crippen molar-refractivity contribution in [3.8, 4) is 0 Å². The molecule has 3 amide bonds. The molecule has 1 saturated heterocycles. The summed E-state index contributed by atoms with van der Waals surface area (Å²) in [7, 11) is 1.75. The van der Waals surface area contributed by atoms with Crippen molar-refractivity contribution in [1.82, 2.24) is 25.2 Å². The van der Waals surface area contributed by atoms with Gasteiger partial charge in [-0.2, -0.15) is 4.98 Å². The monoisotopic (exact) mass is 568 g/mol. The molecule has 216 valence electrons. The zero-order valence-electron chi connectivity index (χ0n) is 24.0. The van der Waals surface area contributed by atoms with E-state index < -0.39 is 0 Å². The lowest BCUT2D eigenvalue weighted by Gasteiger charge is -2.45. The molecule has 0 bridgehead atoms. The highest BCUT2D eigenvalue weighted by Crippen LogP contribution is 2.39. The molecule has 1 aromatic carbocycles. The van der Waals surface area contributed by atoms with Gasteiger partial charge in [-0.05, 0) is 69.3 Å². The van der Waals surface area contributed by atoms with Crippen LogP contribution in [0.4, 0.5) is 27.9 Å². The Balaban J connectivity index is 1.29. The van der Waals surface area contributed by atoms with Gasteiger partial charge in [0.15, 0.2) is 5.82 Å². The number of rotatable bonds is 9. The third-order valence-electron chi connectivity index (χ3n) is 8.12. The van der Waals surface area contributed by atoms with Crippen LogP contribution in [0.25, 0.3) is 0 Å². The van der Waals surface area contributed by atoms with E-state index in [-0.39, 0.29) is 23.4 Å². The summed E-state index contributed by atoms with van der Waals surface area (Å²) in [5.74, 6) is 0.938. The second-order valence-corrected chi connectivity index (χ2v) is 12.3. The highest BCUT2D eigenvalue weighted by molar-refractivity contribution is 6.33. The summed E-state index contributed by atoms with van der Waals surface area (Å²) in [4.78, 5) is 39.4. The number of nitrogens with zero attached hydrogens (tertiary/aromatic N) is 6. The molecule has 10 nitrogen and oxygen atoms in total. The van der Waals surface area contributed by atoms with Gasteiger partial charge in [0.1, 0.15) is 5.69 Å². The van der Waals surface area contributed by atoms with E-state index in [0.717, 1.165) is 45.3 Å². The SMILES string of the molecule is CCN1C(=O)N(C)c2cnc(Nc3ccc(C(=O)NCC(C)(C)CN4CCCC4)cc3Cl)nc2N1C1CCCC1. The maximum Gasteiger partial charge on any atom is 0.343 e. The number of likely N-dealkylation sites (tertiary alicyclic amines) is 1. The van der Waals surface area contributed by atoms with Crippen LogP contribution in [0.1, 0.15) is 69.7 Å². The topological polar surface area (TPSA) is 96.9 Å². The Bertz CT molecular complexity index is 1240. The number of hydrazine groups is 1. The fourth-order valence-electron chi connectivity index (χ4n) is 6.02. The summed E-state index contributed by atoms with van der Waals surface area (Å²) in [6.45, 7) is 10.7. The first kappa shape index (κ1) is 28.4. The number of carbonyl (C=O) groups is 2. The van der Waals surface area contributed by atoms with Gasteiger partial charge in [0, 0.05) is 32.2 Å². The van der Waals surface area contributed by atoms with Crippen LogP contribution in [0.3, 0.4) is 0 Å². The maximum absolute atomic E-state index is 13.1. The standard InChI is InChI=1S/C29H41ClN8O2/c1-5-37-28(40)35(4)24-17-31-27(34-25(24)38(37)21-10-6-7-11-21)33-23-13-12-20(16-22(23)30)26(39)32-18-29(2,3)19-36-14-8-9-15-36/h12-13,16-17,21H,5-11,14-15,18-19H2,1-4H3,(H,32,39)(H,31,33,34). The van der Waals surface area contributed by atoms with Crippen molar-refractivity contribution in [2.45, 2.75) is 65.3 Å². The van der Waals surface area contributed by atoms with Gasteiger partial charge in [-0.1, -0.05) is 38.3 Å². The first-order valence-electron chi connectivity index (χ1n) is 14.5. The zero-order valence-corrected chi connectivity index (χ0v) is 24.8. The largest absolute Gasteiger partial charge is 0.351 e. The molecule has 3 heterocycles. The lowest BCUT2D eigenvalue weighted by atomic mass is 9.92. The molecule has 5 rings (SSSR count). The summed E-state index contributed by atoms with van der Waals surface area (Å²) in [6.07, 6.45) is 8.50. The molecule has 1 aliphatic carbocycles. The molecular formula is C29H41ClN8O2. The van der Waals surface area contributed by atoms with E-state index in [1.165, 1.54) is 12.8 Å². The average molecular weight is 569 g/mol. The fourth-order valence-corrected chi connectivity index (χ4v) is 6.25. The minimum atomic E-state index is -0.146. The van der Waals surface area contributed by atoms with Gasteiger partial charge < -0.3 is 15.5 Å². The molecule has 0 radical (unpaired) electrons. The number of fused-ring (bicyclic) bond motifs is 1. The number of benzene rings is 1. The van der Waals surface area contributed by atoms with Crippen molar-refractivity contribution in [3.63, 3.8) is 0 Å². The van der Waals surface area contributed by atoms with Gasteiger partial charge in [-0.25, -0.2) is 14.8 Å². The molecule has 2 aliphatic heterocycles. The number of carbonyl (C=O) groups excluding carboxylic acids is 2.